The van der Waals surface area contributed by atoms with Crippen LogP contribution in [0.15, 0.2) is 52.3 Å². The Hall–Kier alpha value is -3.15. The molecule has 2 heterocycles. The number of methoxy groups -OCH3 is 1. The lowest BCUT2D eigenvalue weighted by Crippen LogP contribution is -2.21. The third kappa shape index (κ3) is 3.09. The summed E-state index contributed by atoms with van der Waals surface area (Å²) in [7, 11) is 1.45. The first-order valence-corrected chi connectivity index (χ1v) is 9.60. The van der Waals surface area contributed by atoms with Crippen LogP contribution < -0.4 is 15.2 Å². The number of aromatic hydroxyl groups is 1. The van der Waals surface area contributed by atoms with Crippen molar-refractivity contribution in [3.63, 3.8) is 0 Å². The van der Waals surface area contributed by atoms with E-state index in [1.807, 2.05) is 18.2 Å². The van der Waals surface area contributed by atoms with E-state index in [1.165, 1.54) is 7.11 Å². The van der Waals surface area contributed by atoms with E-state index in [0.717, 1.165) is 0 Å². The largest absolute Gasteiger partial charge is 0.503 e. The summed E-state index contributed by atoms with van der Waals surface area (Å²) in [6.45, 7) is 0. The van der Waals surface area contributed by atoms with Crippen LogP contribution in [-0.2, 0) is 0 Å². The zero-order valence-corrected chi connectivity index (χ0v) is 17.4. The lowest BCUT2D eigenvalue weighted by Gasteiger charge is -2.25. The fraction of sp³-hybridized carbons (Fsp3) is 0.100. The molecule has 0 saturated heterocycles. The van der Waals surface area contributed by atoms with Gasteiger partial charge in [0.05, 0.1) is 28.8 Å². The van der Waals surface area contributed by atoms with E-state index < -0.39 is 5.92 Å². The molecule has 1 aliphatic rings. The molecule has 0 unspecified atom stereocenters. The first-order chi connectivity index (χ1) is 14.0. The highest BCUT2D eigenvalue weighted by atomic mass is 79.9. The van der Waals surface area contributed by atoms with E-state index >= 15 is 0 Å². The maximum Gasteiger partial charge on any atom is 0.244 e. The first-order valence-electron chi connectivity index (χ1n) is 8.43. The Labute approximate surface area is 179 Å². The van der Waals surface area contributed by atoms with Gasteiger partial charge in [-0.2, -0.15) is 5.26 Å². The minimum absolute atomic E-state index is 0.0367. The number of hydrogen-bond acceptors (Lipinski definition) is 6. The van der Waals surface area contributed by atoms with Crippen molar-refractivity contribution in [1.29, 1.82) is 5.26 Å². The fourth-order valence-electron chi connectivity index (χ4n) is 3.36. The maximum atomic E-state index is 10.2. The average molecular weight is 474 g/mol. The molecule has 2 aromatic carbocycles. The predicted octanol–water partition coefficient (Wildman–Crippen LogP) is 4.42. The normalized spacial score (nSPS) is 15.4. The molecule has 0 aliphatic carbocycles. The highest BCUT2D eigenvalue weighted by Gasteiger charge is 2.36. The Bertz CT molecular complexity index is 1200. The Morgan fingerprint density at radius 1 is 1.38 bits per heavy atom. The number of benzene rings is 2. The molecule has 0 bridgehead atoms. The monoisotopic (exact) mass is 472 g/mol. The van der Waals surface area contributed by atoms with Crippen LogP contribution in [0.3, 0.4) is 0 Å². The van der Waals surface area contributed by atoms with E-state index in [9.17, 15) is 10.4 Å². The SMILES string of the molecule is COc1cc([C@H]2C(C#N)=C(N)Oc3n[nH]c(-c4ccccc4Cl)c32)cc(Br)c1O. The summed E-state index contributed by atoms with van der Waals surface area (Å²) < 4.78 is 11.3. The number of nitrogens with two attached hydrogens (primary N) is 1. The number of phenols is 1. The van der Waals surface area contributed by atoms with Gasteiger partial charge in [-0.3, -0.25) is 5.10 Å². The second-order valence-corrected chi connectivity index (χ2v) is 7.54. The Balaban J connectivity index is 2.00. The molecule has 4 N–H and O–H groups in total. The van der Waals surface area contributed by atoms with Gasteiger partial charge in [0.1, 0.15) is 11.6 Å². The summed E-state index contributed by atoms with van der Waals surface area (Å²) in [6, 6.07) is 12.8. The molecule has 1 atom stereocenters. The number of aromatic nitrogens is 2. The lowest BCUT2D eigenvalue weighted by atomic mass is 9.83. The van der Waals surface area contributed by atoms with Gasteiger partial charge in [0.15, 0.2) is 11.5 Å². The molecule has 0 radical (unpaired) electrons. The van der Waals surface area contributed by atoms with E-state index in [4.69, 9.17) is 26.8 Å². The van der Waals surface area contributed by atoms with Gasteiger partial charge in [-0.25, -0.2) is 0 Å². The van der Waals surface area contributed by atoms with Crippen LogP contribution in [0.5, 0.6) is 17.4 Å². The van der Waals surface area contributed by atoms with Gasteiger partial charge in [-0.1, -0.05) is 29.8 Å². The van der Waals surface area contributed by atoms with Crippen molar-refractivity contribution in [2.75, 3.05) is 7.11 Å². The number of halogens is 2. The number of rotatable bonds is 3. The lowest BCUT2D eigenvalue weighted by molar-refractivity contribution is 0.369. The average Bonchev–Trinajstić information content (AvgIpc) is 3.12. The van der Waals surface area contributed by atoms with E-state index in [-0.39, 0.29) is 28.8 Å². The number of aromatic amines is 1. The number of phenolic OH excluding ortho intramolecular Hbond substituents is 1. The minimum atomic E-state index is -0.612. The molecule has 9 heteroatoms. The Morgan fingerprint density at radius 2 is 2.14 bits per heavy atom. The van der Waals surface area contributed by atoms with Crippen LogP contribution in [0.4, 0.5) is 0 Å². The van der Waals surface area contributed by atoms with Crippen LogP contribution in [0.1, 0.15) is 17.0 Å². The van der Waals surface area contributed by atoms with E-state index in [0.29, 0.717) is 31.9 Å². The maximum absolute atomic E-state index is 10.2. The second-order valence-electron chi connectivity index (χ2n) is 6.28. The van der Waals surface area contributed by atoms with Gasteiger partial charge in [0.25, 0.3) is 0 Å². The molecular formula is C20H14BrClN4O3. The molecule has 1 aromatic heterocycles. The van der Waals surface area contributed by atoms with Crippen molar-refractivity contribution in [2.24, 2.45) is 5.73 Å². The number of H-pyrrole nitrogens is 1. The molecule has 146 valence electrons. The fourth-order valence-corrected chi connectivity index (χ4v) is 4.05. The molecular weight excluding hydrogens is 460 g/mol. The standard InChI is InChI=1S/C20H14BrClN4O3/c1-28-14-7-9(6-12(21)18(14)27)15-11(8-23)19(24)29-20-16(15)17(25-26-20)10-4-2-3-5-13(10)22/h2-7,15,27H,24H2,1H3,(H,25,26)/t15-/m0/s1. The van der Waals surface area contributed by atoms with Crippen LogP contribution in [0.2, 0.25) is 5.02 Å². The summed E-state index contributed by atoms with van der Waals surface area (Å²) in [6.07, 6.45) is 0. The summed E-state index contributed by atoms with van der Waals surface area (Å²) in [4.78, 5) is 0. The number of ether oxygens (including phenoxy) is 2. The molecule has 29 heavy (non-hydrogen) atoms. The molecule has 0 fully saturated rings. The molecule has 4 rings (SSSR count). The molecule has 7 nitrogen and oxygen atoms in total. The van der Waals surface area contributed by atoms with Crippen molar-refractivity contribution in [3.05, 3.63) is 68.5 Å². The van der Waals surface area contributed by atoms with Gasteiger partial charge in [0.2, 0.25) is 11.8 Å². The number of hydrogen-bond donors (Lipinski definition) is 3. The number of nitrogens with zero attached hydrogens (tertiary/aromatic N) is 2. The molecule has 3 aromatic rings. The quantitative estimate of drug-likeness (QED) is 0.518. The second kappa shape index (κ2) is 7.35. The third-order valence-electron chi connectivity index (χ3n) is 4.69. The molecule has 0 saturated carbocycles. The van der Waals surface area contributed by atoms with Crippen LogP contribution in [0.25, 0.3) is 11.3 Å². The predicted molar refractivity (Wildman–Crippen MR) is 111 cm³/mol. The zero-order chi connectivity index (χ0) is 20.7. The highest BCUT2D eigenvalue weighted by molar-refractivity contribution is 9.10. The third-order valence-corrected chi connectivity index (χ3v) is 5.62. The van der Waals surface area contributed by atoms with Crippen LogP contribution in [0, 0.1) is 11.3 Å². The van der Waals surface area contributed by atoms with Crippen molar-refractivity contribution in [1.82, 2.24) is 10.2 Å². The van der Waals surface area contributed by atoms with Crippen molar-refractivity contribution in [3.8, 4) is 34.7 Å². The smallest absolute Gasteiger partial charge is 0.244 e. The zero-order valence-electron chi connectivity index (χ0n) is 15.0. The molecule has 0 amide bonds. The Morgan fingerprint density at radius 3 is 2.83 bits per heavy atom. The van der Waals surface area contributed by atoms with Gasteiger partial charge >= 0.3 is 0 Å². The van der Waals surface area contributed by atoms with Gasteiger partial charge < -0.3 is 20.3 Å². The Kier molecular flexibility index (Phi) is 4.86. The number of nitrogens with one attached hydrogen (secondary N) is 1. The van der Waals surface area contributed by atoms with Gasteiger partial charge in [-0.15, -0.1) is 5.10 Å². The van der Waals surface area contributed by atoms with Crippen LogP contribution in [-0.4, -0.2) is 22.4 Å². The van der Waals surface area contributed by atoms with Gasteiger partial charge in [-0.05, 0) is 39.7 Å². The van der Waals surface area contributed by atoms with Crippen molar-refractivity contribution in [2.45, 2.75) is 5.92 Å². The summed E-state index contributed by atoms with van der Waals surface area (Å²) in [5.74, 6) is -0.187. The summed E-state index contributed by atoms with van der Waals surface area (Å²) in [5.41, 5.74) is 8.82. The van der Waals surface area contributed by atoms with Crippen LogP contribution >= 0.6 is 27.5 Å². The van der Waals surface area contributed by atoms with Crippen molar-refractivity contribution < 1.29 is 14.6 Å². The summed E-state index contributed by atoms with van der Waals surface area (Å²) >= 11 is 9.72. The molecule has 0 spiro atoms. The van der Waals surface area contributed by atoms with E-state index in [1.54, 1.807) is 18.2 Å². The minimum Gasteiger partial charge on any atom is -0.503 e. The summed E-state index contributed by atoms with van der Waals surface area (Å²) in [5, 5.41) is 27.7. The topological polar surface area (TPSA) is 117 Å². The van der Waals surface area contributed by atoms with Gasteiger partial charge in [0, 0.05) is 10.6 Å². The highest BCUT2D eigenvalue weighted by Crippen LogP contribution is 2.48. The first kappa shape index (κ1) is 19.2. The molecule has 1 aliphatic heterocycles. The van der Waals surface area contributed by atoms with Crippen molar-refractivity contribution >= 4 is 27.5 Å². The number of nitriles is 1. The number of allylic oxidation sites excluding steroid dienone is 1. The van der Waals surface area contributed by atoms with E-state index in [2.05, 4.69) is 32.2 Å². The number of fused-ring (bicyclic) bond motifs is 1.